The molecular formula is C25H26ClN3O4S. The van der Waals surface area contributed by atoms with Crippen molar-refractivity contribution in [3.05, 3.63) is 95.5 Å². The number of hydrogen-bond donors (Lipinski definition) is 1. The zero-order valence-electron chi connectivity index (χ0n) is 18.9. The third kappa shape index (κ3) is 5.95. The lowest BCUT2D eigenvalue weighted by molar-refractivity contribution is -0.139. The summed E-state index contributed by atoms with van der Waals surface area (Å²) in [6.07, 6.45) is 0. The van der Waals surface area contributed by atoms with Gasteiger partial charge in [0.1, 0.15) is 12.6 Å². The molecule has 0 spiro atoms. The Morgan fingerprint density at radius 3 is 2.03 bits per heavy atom. The predicted molar refractivity (Wildman–Crippen MR) is 133 cm³/mol. The summed E-state index contributed by atoms with van der Waals surface area (Å²) in [4.78, 5) is 27.4. The number of carbonyl (C=O) groups excluding carboxylic acids is 2. The molecule has 0 aliphatic heterocycles. The largest absolute Gasteiger partial charge is 0.357 e. The lowest BCUT2D eigenvalue weighted by Crippen LogP contribution is -2.50. The summed E-state index contributed by atoms with van der Waals surface area (Å²) < 4.78 is 28.1. The van der Waals surface area contributed by atoms with E-state index < -0.39 is 28.5 Å². The summed E-state index contributed by atoms with van der Waals surface area (Å²) in [7, 11) is -2.56. The second-order valence-corrected chi connectivity index (χ2v) is 9.90. The minimum atomic E-state index is -4.04. The second kappa shape index (κ2) is 11.2. The molecule has 1 atom stereocenters. The molecule has 3 aromatic rings. The molecule has 0 unspecified atom stereocenters. The highest BCUT2D eigenvalue weighted by molar-refractivity contribution is 7.92. The molecule has 0 heterocycles. The third-order valence-corrected chi connectivity index (χ3v) is 7.37. The number of nitrogens with zero attached hydrogens (tertiary/aromatic N) is 2. The van der Waals surface area contributed by atoms with Crippen LogP contribution in [-0.4, -0.2) is 44.8 Å². The number of para-hydroxylation sites is 1. The van der Waals surface area contributed by atoms with E-state index in [0.717, 1.165) is 9.87 Å². The van der Waals surface area contributed by atoms with Crippen molar-refractivity contribution in [1.82, 2.24) is 10.2 Å². The van der Waals surface area contributed by atoms with Gasteiger partial charge < -0.3 is 10.2 Å². The number of halogens is 1. The fourth-order valence-electron chi connectivity index (χ4n) is 3.42. The second-order valence-electron chi connectivity index (χ2n) is 7.60. The van der Waals surface area contributed by atoms with Gasteiger partial charge >= 0.3 is 0 Å². The average molecular weight is 500 g/mol. The summed E-state index contributed by atoms with van der Waals surface area (Å²) in [6, 6.07) is 22.4. The highest BCUT2D eigenvalue weighted by atomic mass is 35.5. The van der Waals surface area contributed by atoms with Crippen LogP contribution in [0.2, 0.25) is 5.02 Å². The van der Waals surface area contributed by atoms with Crippen molar-refractivity contribution in [2.45, 2.75) is 24.4 Å². The number of hydrogen-bond acceptors (Lipinski definition) is 4. The van der Waals surface area contributed by atoms with Crippen molar-refractivity contribution in [2.24, 2.45) is 0 Å². The SMILES string of the molecule is CNC(=O)[C@@H](C)N(Cc1ccc(Cl)cc1)C(=O)CN(c1ccccc1)S(=O)(=O)c1ccccc1. The molecule has 0 aliphatic rings. The van der Waals surface area contributed by atoms with Crippen LogP contribution >= 0.6 is 11.6 Å². The molecule has 0 saturated carbocycles. The van der Waals surface area contributed by atoms with Crippen LogP contribution in [0.1, 0.15) is 12.5 Å². The van der Waals surface area contributed by atoms with E-state index in [1.807, 2.05) is 0 Å². The van der Waals surface area contributed by atoms with E-state index in [1.54, 1.807) is 79.7 Å². The number of benzene rings is 3. The van der Waals surface area contributed by atoms with Gasteiger partial charge in [-0.2, -0.15) is 0 Å². The van der Waals surface area contributed by atoms with E-state index in [4.69, 9.17) is 11.6 Å². The maximum atomic E-state index is 13.6. The van der Waals surface area contributed by atoms with Crippen LogP contribution in [0.15, 0.2) is 89.8 Å². The molecule has 0 radical (unpaired) electrons. The van der Waals surface area contributed by atoms with E-state index in [2.05, 4.69) is 5.32 Å². The summed E-state index contributed by atoms with van der Waals surface area (Å²) in [5, 5.41) is 3.10. The molecule has 1 N–H and O–H groups in total. The molecule has 0 saturated heterocycles. The van der Waals surface area contributed by atoms with Crippen LogP contribution in [0, 0.1) is 0 Å². The molecule has 3 aromatic carbocycles. The number of carbonyl (C=O) groups is 2. The van der Waals surface area contributed by atoms with Crippen LogP contribution in [0.4, 0.5) is 5.69 Å². The smallest absolute Gasteiger partial charge is 0.264 e. The number of nitrogens with one attached hydrogen (secondary N) is 1. The molecule has 7 nitrogen and oxygen atoms in total. The molecule has 178 valence electrons. The Morgan fingerprint density at radius 2 is 1.47 bits per heavy atom. The maximum Gasteiger partial charge on any atom is 0.264 e. The number of rotatable bonds is 9. The standard InChI is InChI=1S/C25H26ClN3O4S/c1-19(25(31)27-2)28(17-20-13-15-21(26)16-14-20)24(30)18-29(22-9-5-3-6-10-22)34(32,33)23-11-7-4-8-12-23/h3-16,19H,17-18H2,1-2H3,(H,27,31)/t19-/m1/s1. The first kappa shape index (κ1) is 25.3. The topological polar surface area (TPSA) is 86.8 Å². The normalized spacial score (nSPS) is 12.0. The summed E-state index contributed by atoms with van der Waals surface area (Å²) in [6.45, 7) is 1.24. The van der Waals surface area contributed by atoms with E-state index in [0.29, 0.717) is 10.7 Å². The minimum Gasteiger partial charge on any atom is -0.357 e. The Labute approximate surface area is 205 Å². The van der Waals surface area contributed by atoms with Gasteiger partial charge in [-0.15, -0.1) is 0 Å². The van der Waals surface area contributed by atoms with Crippen molar-refractivity contribution in [3.63, 3.8) is 0 Å². The summed E-state index contributed by atoms with van der Waals surface area (Å²) >= 11 is 5.97. The van der Waals surface area contributed by atoms with Crippen LogP contribution in [0.25, 0.3) is 0 Å². The molecule has 2 amide bonds. The molecule has 3 rings (SSSR count). The van der Waals surface area contributed by atoms with Gasteiger partial charge in [0.15, 0.2) is 0 Å². The first-order chi connectivity index (χ1) is 16.2. The van der Waals surface area contributed by atoms with Crippen LogP contribution in [0.3, 0.4) is 0 Å². The van der Waals surface area contributed by atoms with Gasteiger partial charge in [0.05, 0.1) is 10.6 Å². The monoisotopic (exact) mass is 499 g/mol. The Hall–Kier alpha value is -3.36. The first-order valence-electron chi connectivity index (χ1n) is 10.6. The van der Waals surface area contributed by atoms with Crippen molar-refractivity contribution in [1.29, 1.82) is 0 Å². The van der Waals surface area contributed by atoms with Crippen molar-refractivity contribution in [2.75, 3.05) is 17.9 Å². The molecule has 0 aliphatic carbocycles. The summed E-state index contributed by atoms with van der Waals surface area (Å²) in [5.74, 6) is -0.881. The predicted octanol–water partition coefficient (Wildman–Crippen LogP) is 3.70. The fourth-order valence-corrected chi connectivity index (χ4v) is 4.98. The highest BCUT2D eigenvalue weighted by Gasteiger charge is 2.32. The van der Waals surface area contributed by atoms with Gasteiger partial charge in [-0.25, -0.2) is 8.42 Å². The first-order valence-corrected chi connectivity index (χ1v) is 12.4. The van der Waals surface area contributed by atoms with E-state index in [-0.39, 0.29) is 17.3 Å². The van der Waals surface area contributed by atoms with E-state index >= 15 is 0 Å². The maximum absolute atomic E-state index is 13.6. The van der Waals surface area contributed by atoms with Gasteiger partial charge in [0.2, 0.25) is 11.8 Å². The molecule has 9 heteroatoms. The number of sulfonamides is 1. The van der Waals surface area contributed by atoms with Gasteiger partial charge in [-0.05, 0) is 48.9 Å². The van der Waals surface area contributed by atoms with Gasteiger partial charge in [-0.1, -0.05) is 60.1 Å². The zero-order chi connectivity index (χ0) is 24.7. The molecular weight excluding hydrogens is 474 g/mol. The number of amides is 2. The van der Waals surface area contributed by atoms with Gasteiger partial charge in [0, 0.05) is 18.6 Å². The Kier molecular flexibility index (Phi) is 8.31. The lowest BCUT2D eigenvalue weighted by Gasteiger charge is -2.31. The van der Waals surface area contributed by atoms with E-state index in [1.165, 1.54) is 24.1 Å². The van der Waals surface area contributed by atoms with Crippen molar-refractivity contribution < 1.29 is 18.0 Å². The number of anilines is 1. The third-order valence-electron chi connectivity index (χ3n) is 5.33. The Balaban J connectivity index is 1.98. The van der Waals surface area contributed by atoms with Crippen LogP contribution < -0.4 is 9.62 Å². The highest BCUT2D eigenvalue weighted by Crippen LogP contribution is 2.24. The minimum absolute atomic E-state index is 0.0651. The molecule has 0 aromatic heterocycles. The average Bonchev–Trinajstić information content (AvgIpc) is 2.86. The number of likely N-dealkylation sites (N-methyl/N-ethyl adjacent to an activating group) is 1. The quantitative estimate of drug-likeness (QED) is 0.486. The van der Waals surface area contributed by atoms with Crippen LogP contribution in [-0.2, 0) is 26.2 Å². The lowest BCUT2D eigenvalue weighted by atomic mass is 10.1. The summed E-state index contributed by atoms with van der Waals surface area (Å²) in [5.41, 5.74) is 1.10. The fraction of sp³-hybridized carbons (Fsp3) is 0.200. The van der Waals surface area contributed by atoms with E-state index in [9.17, 15) is 18.0 Å². The van der Waals surface area contributed by atoms with Crippen molar-refractivity contribution in [3.8, 4) is 0 Å². The molecule has 0 fully saturated rings. The Bertz CT molecular complexity index is 1220. The van der Waals surface area contributed by atoms with Crippen LogP contribution in [0.5, 0.6) is 0 Å². The van der Waals surface area contributed by atoms with Gasteiger partial charge in [-0.3, -0.25) is 13.9 Å². The zero-order valence-corrected chi connectivity index (χ0v) is 20.5. The Morgan fingerprint density at radius 1 is 0.912 bits per heavy atom. The van der Waals surface area contributed by atoms with Crippen molar-refractivity contribution >= 4 is 39.1 Å². The molecule has 34 heavy (non-hydrogen) atoms. The van der Waals surface area contributed by atoms with Gasteiger partial charge in [0.25, 0.3) is 10.0 Å². The molecule has 0 bridgehead atoms.